The number of hydrogen-bond acceptors (Lipinski definition) is 7. The number of aromatic nitrogens is 1. The second-order valence-electron chi connectivity index (χ2n) is 7.87. The van der Waals surface area contributed by atoms with Gasteiger partial charge in [-0.2, -0.15) is 5.26 Å². The highest BCUT2D eigenvalue weighted by atomic mass is 32.2. The van der Waals surface area contributed by atoms with Crippen LogP contribution in [0.4, 0.5) is 11.5 Å². The van der Waals surface area contributed by atoms with Crippen LogP contribution in [0.5, 0.6) is 0 Å². The molecule has 1 aromatic heterocycles. The molecule has 4 N–H and O–H groups in total. The van der Waals surface area contributed by atoms with Gasteiger partial charge >= 0.3 is 0 Å². The van der Waals surface area contributed by atoms with Gasteiger partial charge in [0.2, 0.25) is 15.9 Å². The maximum Gasteiger partial charge on any atom is 0.247 e. The summed E-state index contributed by atoms with van der Waals surface area (Å²) in [6.45, 7) is 1.22. The Kier molecular flexibility index (Phi) is 9.31. The van der Waals surface area contributed by atoms with Gasteiger partial charge in [0.05, 0.1) is 29.8 Å². The van der Waals surface area contributed by atoms with Gasteiger partial charge < -0.3 is 16.0 Å². The first-order valence-electron chi connectivity index (χ1n) is 11.1. The number of sulfonamides is 1. The van der Waals surface area contributed by atoms with Crippen molar-refractivity contribution in [3.8, 4) is 6.07 Å². The summed E-state index contributed by atoms with van der Waals surface area (Å²) in [5.41, 5.74) is 3.22. The Morgan fingerprint density at radius 2 is 1.74 bits per heavy atom. The number of rotatable bonds is 12. The molecule has 3 aromatic rings. The molecule has 0 aliphatic carbocycles. The average molecular weight is 493 g/mol. The first kappa shape index (κ1) is 25.8. The van der Waals surface area contributed by atoms with E-state index in [2.05, 4.69) is 31.7 Å². The Morgan fingerprint density at radius 1 is 1.00 bits per heavy atom. The standard InChI is InChI=1S/C25H28N6O3S/c1-35(33,34)30-16-15-27-22-11-12-23(29-18-22)31-25(32)24(21-5-3-2-4-6-21)28-14-13-19-7-9-20(17-26)10-8-19/h2-12,18,24,27-28,30H,13-16H2,1H3,(H,29,31,32). The van der Waals surface area contributed by atoms with Crippen molar-refractivity contribution in [2.75, 3.05) is 36.5 Å². The number of benzene rings is 2. The van der Waals surface area contributed by atoms with E-state index in [-0.39, 0.29) is 12.5 Å². The summed E-state index contributed by atoms with van der Waals surface area (Å²) in [7, 11) is -3.23. The van der Waals surface area contributed by atoms with Gasteiger partial charge in [-0.15, -0.1) is 0 Å². The van der Waals surface area contributed by atoms with Gasteiger partial charge in [0.1, 0.15) is 11.9 Å². The summed E-state index contributed by atoms with van der Waals surface area (Å²) in [6, 6.07) is 21.8. The molecule has 0 aliphatic heterocycles. The largest absolute Gasteiger partial charge is 0.382 e. The highest BCUT2D eigenvalue weighted by Gasteiger charge is 2.20. The first-order valence-corrected chi connectivity index (χ1v) is 13.0. The Labute approximate surface area is 205 Å². The first-order chi connectivity index (χ1) is 16.8. The molecule has 182 valence electrons. The van der Waals surface area contributed by atoms with Crippen LogP contribution in [0.3, 0.4) is 0 Å². The molecule has 0 bridgehead atoms. The normalized spacial score (nSPS) is 11.9. The van der Waals surface area contributed by atoms with Crippen LogP contribution in [-0.2, 0) is 21.2 Å². The summed E-state index contributed by atoms with van der Waals surface area (Å²) in [5, 5.41) is 18.2. The molecule has 0 spiro atoms. The number of hydrogen-bond donors (Lipinski definition) is 4. The number of pyridine rings is 1. The molecule has 0 radical (unpaired) electrons. The lowest BCUT2D eigenvalue weighted by Crippen LogP contribution is -2.34. The van der Waals surface area contributed by atoms with Crippen molar-refractivity contribution < 1.29 is 13.2 Å². The van der Waals surface area contributed by atoms with Crippen molar-refractivity contribution in [3.63, 3.8) is 0 Å². The predicted molar refractivity (Wildman–Crippen MR) is 136 cm³/mol. The molecule has 0 aliphatic rings. The van der Waals surface area contributed by atoms with Gasteiger partial charge in [-0.25, -0.2) is 18.1 Å². The molecule has 1 unspecified atom stereocenters. The highest BCUT2D eigenvalue weighted by Crippen LogP contribution is 2.17. The molecule has 1 heterocycles. The molecule has 3 rings (SSSR count). The Bertz CT molecular complexity index is 1240. The van der Waals surface area contributed by atoms with E-state index in [1.165, 1.54) is 0 Å². The number of nitrogens with zero attached hydrogens (tertiary/aromatic N) is 2. The van der Waals surface area contributed by atoms with Crippen LogP contribution in [-0.4, -0.2) is 45.2 Å². The maximum atomic E-state index is 13.1. The van der Waals surface area contributed by atoms with Gasteiger partial charge in [-0.1, -0.05) is 42.5 Å². The number of nitriles is 1. The lowest BCUT2D eigenvalue weighted by atomic mass is 10.1. The van der Waals surface area contributed by atoms with Crippen LogP contribution in [0.15, 0.2) is 72.9 Å². The highest BCUT2D eigenvalue weighted by molar-refractivity contribution is 7.88. The predicted octanol–water partition coefficient (Wildman–Crippen LogP) is 2.43. The number of amides is 1. The van der Waals surface area contributed by atoms with Crippen LogP contribution in [0, 0.1) is 11.3 Å². The minimum atomic E-state index is -3.23. The van der Waals surface area contributed by atoms with E-state index >= 15 is 0 Å². The van der Waals surface area contributed by atoms with Crippen LogP contribution >= 0.6 is 0 Å². The fourth-order valence-electron chi connectivity index (χ4n) is 3.33. The Morgan fingerprint density at radius 3 is 2.37 bits per heavy atom. The van der Waals surface area contributed by atoms with E-state index in [0.29, 0.717) is 36.6 Å². The van der Waals surface area contributed by atoms with Gasteiger partial charge in [0.15, 0.2) is 0 Å². The van der Waals surface area contributed by atoms with E-state index in [0.717, 1.165) is 17.4 Å². The summed E-state index contributed by atoms with van der Waals surface area (Å²) >= 11 is 0. The maximum absolute atomic E-state index is 13.1. The molecule has 10 heteroatoms. The van der Waals surface area contributed by atoms with Gasteiger partial charge in [0.25, 0.3) is 0 Å². The van der Waals surface area contributed by atoms with Crippen molar-refractivity contribution in [1.82, 2.24) is 15.0 Å². The third-order valence-corrected chi connectivity index (χ3v) is 5.80. The number of carbonyl (C=O) groups is 1. The third-order valence-electron chi connectivity index (χ3n) is 5.07. The average Bonchev–Trinajstić information content (AvgIpc) is 2.86. The SMILES string of the molecule is CS(=O)(=O)NCCNc1ccc(NC(=O)C(NCCc2ccc(C#N)cc2)c2ccccc2)nc1. The molecule has 35 heavy (non-hydrogen) atoms. The van der Waals surface area contributed by atoms with Crippen LogP contribution in [0.25, 0.3) is 0 Å². The smallest absolute Gasteiger partial charge is 0.247 e. The molecule has 0 saturated heterocycles. The third kappa shape index (κ3) is 8.83. The number of nitrogens with one attached hydrogen (secondary N) is 4. The zero-order valence-corrected chi connectivity index (χ0v) is 20.2. The molecular weight excluding hydrogens is 464 g/mol. The summed E-state index contributed by atoms with van der Waals surface area (Å²) in [6.07, 6.45) is 3.39. The topological polar surface area (TPSA) is 136 Å². The fraction of sp³-hybridized carbons (Fsp3) is 0.240. The van der Waals surface area contributed by atoms with Crippen LogP contribution < -0.4 is 20.7 Å². The van der Waals surface area contributed by atoms with E-state index in [1.54, 1.807) is 30.5 Å². The van der Waals surface area contributed by atoms with Crippen molar-refractivity contribution >= 4 is 27.4 Å². The zero-order chi connectivity index (χ0) is 25.1. The second kappa shape index (κ2) is 12.6. The Hall–Kier alpha value is -3.78. The lowest BCUT2D eigenvalue weighted by molar-refractivity contribution is -0.118. The summed E-state index contributed by atoms with van der Waals surface area (Å²) in [5.74, 6) is 0.172. The molecular formula is C25H28N6O3S. The zero-order valence-electron chi connectivity index (χ0n) is 19.4. The molecule has 1 amide bonds. The van der Waals surface area contributed by atoms with E-state index < -0.39 is 16.1 Å². The van der Waals surface area contributed by atoms with E-state index in [9.17, 15) is 13.2 Å². The van der Waals surface area contributed by atoms with Gasteiger partial charge in [0, 0.05) is 19.6 Å². The second-order valence-corrected chi connectivity index (χ2v) is 9.70. The molecule has 2 aromatic carbocycles. The Balaban J connectivity index is 1.57. The van der Waals surface area contributed by atoms with E-state index in [4.69, 9.17) is 5.26 Å². The van der Waals surface area contributed by atoms with Crippen molar-refractivity contribution in [2.24, 2.45) is 0 Å². The van der Waals surface area contributed by atoms with E-state index in [1.807, 2.05) is 42.5 Å². The van der Waals surface area contributed by atoms with Crippen molar-refractivity contribution in [1.29, 1.82) is 5.26 Å². The van der Waals surface area contributed by atoms with Crippen molar-refractivity contribution in [2.45, 2.75) is 12.5 Å². The van der Waals surface area contributed by atoms with Gasteiger partial charge in [-0.05, 0) is 41.8 Å². The lowest BCUT2D eigenvalue weighted by Gasteiger charge is -2.19. The summed E-state index contributed by atoms with van der Waals surface area (Å²) in [4.78, 5) is 17.4. The van der Waals surface area contributed by atoms with Crippen molar-refractivity contribution in [3.05, 3.63) is 89.6 Å². The van der Waals surface area contributed by atoms with Crippen LogP contribution in [0.2, 0.25) is 0 Å². The molecule has 9 nitrogen and oxygen atoms in total. The number of carbonyl (C=O) groups excluding carboxylic acids is 1. The minimum absolute atomic E-state index is 0.235. The number of anilines is 2. The molecule has 1 atom stereocenters. The quantitative estimate of drug-likeness (QED) is 0.285. The van der Waals surface area contributed by atoms with Gasteiger partial charge in [-0.3, -0.25) is 4.79 Å². The summed E-state index contributed by atoms with van der Waals surface area (Å²) < 4.78 is 24.6. The minimum Gasteiger partial charge on any atom is -0.382 e. The molecule has 0 fully saturated rings. The van der Waals surface area contributed by atoms with Crippen LogP contribution in [0.1, 0.15) is 22.7 Å². The molecule has 0 saturated carbocycles. The fourth-order valence-corrected chi connectivity index (χ4v) is 3.80. The monoisotopic (exact) mass is 492 g/mol.